The fraction of sp³-hybridized carbons (Fsp3) is 0.200. The minimum atomic E-state index is -1.96. The number of nitrogens with zero attached hydrogens (tertiary/aromatic N) is 1. The Bertz CT molecular complexity index is 1140. The van der Waals surface area contributed by atoms with Crippen LogP contribution in [-0.2, 0) is 16.9 Å². The van der Waals surface area contributed by atoms with Crippen LogP contribution in [0, 0.1) is 19.7 Å². The Morgan fingerprint density at radius 1 is 1.03 bits per heavy atom. The number of halogens is 1. The number of fused-ring (bicyclic) bond motifs is 1. The number of hydrogen-bond donors (Lipinski definition) is 1. The number of ketones is 1. The predicted octanol–water partition coefficient (Wildman–Crippen LogP) is 4.45. The largest absolute Gasteiger partial charge is 0.375 e. The zero-order valence-corrected chi connectivity index (χ0v) is 16.9. The highest BCUT2D eigenvalue weighted by molar-refractivity contribution is 6.10. The van der Waals surface area contributed by atoms with Crippen molar-refractivity contribution < 1.29 is 19.1 Å². The first kappa shape index (κ1) is 20.0. The first-order valence-electron chi connectivity index (χ1n) is 9.78. The van der Waals surface area contributed by atoms with E-state index in [9.17, 15) is 19.1 Å². The Morgan fingerprint density at radius 2 is 1.73 bits per heavy atom. The summed E-state index contributed by atoms with van der Waals surface area (Å²) in [5.41, 5.74) is 2.41. The lowest BCUT2D eigenvalue weighted by molar-refractivity contribution is -0.136. The Hall–Kier alpha value is -3.31. The summed E-state index contributed by atoms with van der Waals surface area (Å²) in [6.45, 7) is 4.27. The summed E-state index contributed by atoms with van der Waals surface area (Å²) in [5, 5.41) is 11.4. The zero-order valence-electron chi connectivity index (χ0n) is 16.9. The van der Waals surface area contributed by atoms with Gasteiger partial charge in [0.2, 0.25) is 0 Å². The van der Waals surface area contributed by atoms with Gasteiger partial charge >= 0.3 is 0 Å². The Labute approximate surface area is 174 Å². The van der Waals surface area contributed by atoms with E-state index in [1.54, 1.807) is 24.3 Å². The fourth-order valence-corrected chi connectivity index (χ4v) is 3.95. The molecule has 0 aromatic heterocycles. The first-order valence-corrected chi connectivity index (χ1v) is 9.78. The molecule has 1 atom stereocenters. The van der Waals surface area contributed by atoms with Gasteiger partial charge in [-0.2, -0.15) is 0 Å². The third-order valence-electron chi connectivity index (χ3n) is 5.66. The van der Waals surface area contributed by atoms with E-state index in [0.717, 1.165) is 16.7 Å². The number of carbonyl (C=O) groups excluding carboxylic acids is 2. The number of aliphatic hydroxyl groups is 1. The molecule has 0 saturated heterocycles. The van der Waals surface area contributed by atoms with Gasteiger partial charge < -0.3 is 10.0 Å². The van der Waals surface area contributed by atoms with Crippen LogP contribution in [0.2, 0.25) is 0 Å². The van der Waals surface area contributed by atoms with Crippen LogP contribution in [-0.4, -0.2) is 16.8 Å². The van der Waals surface area contributed by atoms with Crippen molar-refractivity contribution in [2.24, 2.45) is 0 Å². The maximum Gasteiger partial charge on any atom is 0.264 e. The zero-order chi connectivity index (χ0) is 21.5. The molecule has 0 aliphatic carbocycles. The monoisotopic (exact) mass is 403 g/mol. The fourth-order valence-electron chi connectivity index (χ4n) is 3.95. The van der Waals surface area contributed by atoms with E-state index in [4.69, 9.17) is 0 Å². The smallest absolute Gasteiger partial charge is 0.264 e. The summed E-state index contributed by atoms with van der Waals surface area (Å²) in [7, 11) is 0. The van der Waals surface area contributed by atoms with Crippen LogP contribution in [0.1, 0.15) is 39.0 Å². The van der Waals surface area contributed by atoms with Crippen LogP contribution in [0.4, 0.5) is 10.1 Å². The second-order valence-corrected chi connectivity index (χ2v) is 7.81. The standard InChI is InChI=1S/C25H22FNO3/c1-16-7-8-17(2)19(13-16)15-27-22-6-4-3-5-21(22)25(30,24(27)29)14-23(28)18-9-11-20(26)12-10-18/h3-13,30H,14-15H2,1-2H3/t25-/m1/s1. The highest BCUT2D eigenvalue weighted by atomic mass is 19.1. The number of para-hydroxylation sites is 1. The van der Waals surface area contributed by atoms with Crippen molar-refractivity contribution in [3.63, 3.8) is 0 Å². The molecule has 0 unspecified atom stereocenters. The van der Waals surface area contributed by atoms with Gasteiger partial charge in [-0.15, -0.1) is 0 Å². The third-order valence-corrected chi connectivity index (χ3v) is 5.66. The molecule has 4 rings (SSSR count). The third kappa shape index (κ3) is 3.42. The van der Waals surface area contributed by atoms with Crippen LogP contribution in [0.3, 0.4) is 0 Å². The number of aryl methyl sites for hydroxylation is 2. The Balaban J connectivity index is 1.69. The second kappa shape index (κ2) is 7.50. The van der Waals surface area contributed by atoms with Crippen LogP contribution < -0.4 is 4.90 Å². The van der Waals surface area contributed by atoms with Gasteiger partial charge in [-0.1, -0.05) is 42.0 Å². The minimum absolute atomic E-state index is 0.253. The maximum absolute atomic E-state index is 13.4. The molecule has 152 valence electrons. The molecular weight excluding hydrogens is 381 g/mol. The summed E-state index contributed by atoms with van der Waals surface area (Å²) in [6.07, 6.45) is -0.405. The van der Waals surface area contributed by atoms with Crippen molar-refractivity contribution >= 4 is 17.4 Å². The van der Waals surface area contributed by atoms with E-state index >= 15 is 0 Å². The summed E-state index contributed by atoms with van der Waals surface area (Å²) < 4.78 is 13.2. The molecule has 1 heterocycles. The average Bonchev–Trinajstić information content (AvgIpc) is 2.93. The molecule has 30 heavy (non-hydrogen) atoms. The molecule has 5 heteroatoms. The molecule has 0 radical (unpaired) electrons. The van der Waals surface area contributed by atoms with Crippen molar-refractivity contribution in [1.82, 2.24) is 0 Å². The number of anilines is 1. The van der Waals surface area contributed by atoms with Gasteiger partial charge in [0.15, 0.2) is 11.4 Å². The molecule has 1 amide bonds. The second-order valence-electron chi connectivity index (χ2n) is 7.81. The van der Waals surface area contributed by atoms with Crippen molar-refractivity contribution in [3.05, 3.63) is 100 Å². The number of carbonyl (C=O) groups is 2. The number of amides is 1. The van der Waals surface area contributed by atoms with Gasteiger partial charge in [0.1, 0.15) is 5.82 Å². The summed E-state index contributed by atoms with van der Waals surface area (Å²) in [5.74, 6) is -1.40. The Kier molecular flexibility index (Phi) is 5.00. The van der Waals surface area contributed by atoms with Crippen LogP contribution in [0.5, 0.6) is 0 Å². The van der Waals surface area contributed by atoms with E-state index in [2.05, 4.69) is 0 Å². The molecule has 1 aliphatic rings. The quantitative estimate of drug-likeness (QED) is 0.641. The minimum Gasteiger partial charge on any atom is -0.375 e. The van der Waals surface area contributed by atoms with E-state index in [-0.39, 0.29) is 5.56 Å². The molecule has 0 spiro atoms. The van der Waals surface area contributed by atoms with Crippen LogP contribution >= 0.6 is 0 Å². The molecule has 0 saturated carbocycles. The molecule has 0 fully saturated rings. The number of hydrogen-bond acceptors (Lipinski definition) is 3. The van der Waals surface area contributed by atoms with Crippen molar-refractivity contribution in [2.75, 3.05) is 4.90 Å². The summed E-state index contributed by atoms with van der Waals surface area (Å²) in [6, 6.07) is 18.1. The van der Waals surface area contributed by atoms with Gasteiger partial charge in [0, 0.05) is 11.1 Å². The van der Waals surface area contributed by atoms with E-state index < -0.39 is 29.5 Å². The highest BCUT2D eigenvalue weighted by Gasteiger charge is 2.50. The van der Waals surface area contributed by atoms with E-state index in [1.165, 1.54) is 29.2 Å². The normalized spacial score (nSPS) is 17.9. The Morgan fingerprint density at radius 3 is 2.47 bits per heavy atom. The predicted molar refractivity (Wildman–Crippen MR) is 113 cm³/mol. The van der Waals surface area contributed by atoms with E-state index in [1.807, 2.05) is 32.0 Å². The van der Waals surface area contributed by atoms with E-state index in [0.29, 0.717) is 17.8 Å². The molecule has 1 N–H and O–H groups in total. The summed E-state index contributed by atoms with van der Waals surface area (Å²) >= 11 is 0. The number of benzene rings is 3. The molecule has 3 aromatic rings. The van der Waals surface area contributed by atoms with Crippen molar-refractivity contribution in [2.45, 2.75) is 32.4 Å². The van der Waals surface area contributed by atoms with Crippen LogP contribution in [0.25, 0.3) is 0 Å². The molecule has 4 nitrogen and oxygen atoms in total. The molecule has 1 aliphatic heterocycles. The highest BCUT2D eigenvalue weighted by Crippen LogP contribution is 2.43. The van der Waals surface area contributed by atoms with Gasteiger partial charge in [-0.25, -0.2) is 4.39 Å². The van der Waals surface area contributed by atoms with Gasteiger partial charge in [0.25, 0.3) is 5.91 Å². The van der Waals surface area contributed by atoms with Crippen LogP contribution in [0.15, 0.2) is 66.7 Å². The van der Waals surface area contributed by atoms with Crippen molar-refractivity contribution in [1.29, 1.82) is 0 Å². The van der Waals surface area contributed by atoms with Gasteiger partial charge in [-0.3, -0.25) is 9.59 Å². The van der Waals surface area contributed by atoms with Gasteiger partial charge in [0.05, 0.1) is 18.7 Å². The molecular formula is C25H22FNO3. The first-order chi connectivity index (χ1) is 14.3. The lowest BCUT2D eigenvalue weighted by atomic mass is 9.88. The SMILES string of the molecule is Cc1ccc(C)c(CN2C(=O)[C@@](O)(CC(=O)c3ccc(F)cc3)c3ccccc32)c1. The lowest BCUT2D eigenvalue weighted by Crippen LogP contribution is -2.41. The topological polar surface area (TPSA) is 57.6 Å². The van der Waals surface area contributed by atoms with Crippen molar-refractivity contribution in [3.8, 4) is 0 Å². The summed E-state index contributed by atoms with van der Waals surface area (Å²) in [4.78, 5) is 27.7. The lowest BCUT2D eigenvalue weighted by Gasteiger charge is -2.23. The molecule has 0 bridgehead atoms. The number of rotatable bonds is 5. The number of Topliss-reactive ketones (excluding diaryl/α,β-unsaturated/α-hetero) is 1. The van der Waals surface area contributed by atoms with Gasteiger partial charge in [-0.05, 0) is 55.3 Å². The average molecular weight is 403 g/mol. The molecule has 3 aromatic carbocycles. The maximum atomic E-state index is 13.4.